The number of likely N-dealkylation sites (tertiary alicyclic amines) is 1. The molecule has 0 aliphatic carbocycles. The lowest BCUT2D eigenvalue weighted by molar-refractivity contribution is 0.00480. The highest BCUT2D eigenvalue weighted by Gasteiger charge is 2.30. The summed E-state index contributed by atoms with van der Waals surface area (Å²) in [6.07, 6.45) is 6.43. The molecule has 0 bridgehead atoms. The second-order valence-corrected chi connectivity index (χ2v) is 5.65. The lowest BCUT2D eigenvalue weighted by Crippen LogP contribution is -2.46. The molecule has 3 heteroatoms. The second-order valence-electron chi connectivity index (χ2n) is 5.65. The molecule has 0 spiro atoms. The fourth-order valence-corrected chi connectivity index (χ4v) is 2.86. The van der Waals surface area contributed by atoms with E-state index in [9.17, 15) is 5.11 Å². The zero-order chi connectivity index (χ0) is 13.6. The molecule has 1 aliphatic rings. The molecule has 1 unspecified atom stereocenters. The highest BCUT2D eigenvalue weighted by Crippen LogP contribution is 2.22. The van der Waals surface area contributed by atoms with E-state index in [4.69, 9.17) is 5.73 Å². The van der Waals surface area contributed by atoms with Gasteiger partial charge in [-0.15, -0.1) is 0 Å². The average molecular weight is 262 g/mol. The number of hydrogen-bond donors (Lipinski definition) is 2. The normalized spacial score (nSPS) is 21.4. The van der Waals surface area contributed by atoms with E-state index in [0.717, 1.165) is 18.7 Å². The van der Waals surface area contributed by atoms with E-state index in [1.165, 1.54) is 32.1 Å². The number of nitrogens with zero attached hydrogens (tertiary/aromatic N) is 1. The molecule has 1 saturated heterocycles. The van der Waals surface area contributed by atoms with Gasteiger partial charge in [0.05, 0.1) is 0 Å². The van der Waals surface area contributed by atoms with Crippen LogP contribution in [0.25, 0.3) is 0 Å². The maximum Gasteiger partial charge on any atom is 0.114 e. The minimum Gasteiger partial charge on any atom is -0.382 e. The Labute approximate surface area is 116 Å². The summed E-state index contributed by atoms with van der Waals surface area (Å²) in [6, 6.07) is 9.83. The number of hydrogen-bond acceptors (Lipinski definition) is 3. The summed E-state index contributed by atoms with van der Waals surface area (Å²) < 4.78 is 0. The molecular formula is C16H26N2O. The number of rotatable bonds is 4. The standard InChI is InChI=1S/C16H26N2O/c17-13-16(19,15-9-5-4-6-10-15)14-18-11-7-2-1-3-8-12-18/h4-6,9-10,19H,1-3,7-8,11-14,17H2. The molecule has 0 saturated carbocycles. The smallest absolute Gasteiger partial charge is 0.114 e. The summed E-state index contributed by atoms with van der Waals surface area (Å²) in [7, 11) is 0. The highest BCUT2D eigenvalue weighted by atomic mass is 16.3. The Morgan fingerprint density at radius 2 is 1.58 bits per heavy atom. The molecule has 0 aromatic heterocycles. The number of benzene rings is 1. The first-order valence-corrected chi connectivity index (χ1v) is 7.45. The molecule has 1 aromatic rings. The van der Waals surface area contributed by atoms with Crippen molar-refractivity contribution in [1.82, 2.24) is 4.90 Å². The van der Waals surface area contributed by atoms with Crippen molar-refractivity contribution < 1.29 is 5.11 Å². The topological polar surface area (TPSA) is 49.5 Å². The van der Waals surface area contributed by atoms with Crippen LogP contribution < -0.4 is 5.73 Å². The van der Waals surface area contributed by atoms with Gasteiger partial charge in [0.25, 0.3) is 0 Å². The molecule has 2 rings (SSSR count). The molecule has 1 fully saturated rings. The van der Waals surface area contributed by atoms with E-state index in [2.05, 4.69) is 4.90 Å². The summed E-state index contributed by atoms with van der Waals surface area (Å²) in [4.78, 5) is 2.37. The fraction of sp³-hybridized carbons (Fsp3) is 0.625. The summed E-state index contributed by atoms with van der Waals surface area (Å²) in [5.74, 6) is 0. The average Bonchev–Trinajstić information content (AvgIpc) is 2.42. The Morgan fingerprint density at radius 1 is 1.00 bits per heavy atom. The van der Waals surface area contributed by atoms with Crippen LogP contribution in [0.2, 0.25) is 0 Å². The Morgan fingerprint density at radius 3 is 2.16 bits per heavy atom. The first-order valence-electron chi connectivity index (χ1n) is 7.45. The molecule has 1 atom stereocenters. The van der Waals surface area contributed by atoms with Gasteiger partial charge in [-0.05, 0) is 31.5 Å². The van der Waals surface area contributed by atoms with Crippen LogP contribution in [0.3, 0.4) is 0 Å². The van der Waals surface area contributed by atoms with Crippen molar-refractivity contribution in [1.29, 1.82) is 0 Å². The molecule has 1 aromatic carbocycles. The molecule has 3 N–H and O–H groups in total. The zero-order valence-corrected chi connectivity index (χ0v) is 11.7. The molecule has 1 heterocycles. The van der Waals surface area contributed by atoms with Crippen molar-refractivity contribution in [3.05, 3.63) is 35.9 Å². The van der Waals surface area contributed by atoms with Gasteiger partial charge in [-0.1, -0.05) is 49.6 Å². The Hall–Kier alpha value is -0.900. The van der Waals surface area contributed by atoms with Crippen LogP contribution in [0.15, 0.2) is 30.3 Å². The van der Waals surface area contributed by atoms with E-state index in [1.54, 1.807) is 0 Å². The number of nitrogens with two attached hydrogens (primary N) is 1. The maximum atomic E-state index is 10.8. The molecule has 1 aliphatic heterocycles. The van der Waals surface area contributed by atoms with Gasteiger partial charge < -0.3 is 15.7 Å². The predicted octanol–water partition coefficient (Wildman–Crippen LogP) is 2.10. The van der Waals surface area contributed by atoms with Crippen LogP contribution in [0.1, 0.15) is 37.7 Å². The van der Waals surface area contributed by atoms with Crippen molar-refractivity contribution in [2.45, 2.75) is 37.7 Å². The third kappa shape index (κ3) is 4.03. The van der Waals surface area contributed by atoms with Crippen molar-refractivity contribution in [3.8, 4) is 0 Å². The van der Waals surface area contributed by atoms with E-state index in [1.807, 2.05) is 30.3 Å². The summed E-state index contributed by atoms with van der Waals surface area (Å²) in [5, 5.41) is 10.8. The van der Waals surface area contributed by atoms with Crippen LogP contribution in [0.4, 0.5) is 0 Å². The van der Waals surface area contributed by atoms with Gasteiger partial charge in [-0.25, -0.2) is 0 Å². The van der Waals surface area contributed by atoms with E-state index in [-0.39, 0.29) is 6.54 Å². The van der Waals surface area contributed by atoms with Crippen molar-refractivity contribution >= 4 is 0 Å². The second kappa shape index (κ2) is 7.04. The SMILES string of the molecule is NCC(O)(CN1CCCCCCC1)c1ccccc1. The van der Waals surface area contributed by atoms with Crippen LogP contribution in [0.5, 0.6) is 0 Å². The van der Waals surface area contributed by atoms with Gasteiger partial charge in [-0.3, -0.25) is 0 Å². The fourth-order valence-electron chi connectivity index (χ4n) is 2.86. The maximum absolute atomic E-state index is 10.8. The third-order valence-electron chi connectivity index (χ3n) is 4.08. The first-order chi connectivity index (χ1) is 9.24. The Balaban J connectivity index is 2.04. The lowest BCUT2D eigenvalue weighted by atomic mass is 9.92. The first kappa shape index (κ1) is 14.5. The van der Waals surface area contributed by atoms with Gasteiger partial charge in [0.1, 0.15) is 5.60 Å². The van der Waals surface area contributed by atoms with Gasteiger partial charge in [0.2, 0.25) is 0 Å². The third-order valence-corrected chi connectivity index (χ3v) is 4.08. The molecule has 0 amide bonds. The van der Waals surface area contributed by atoms with Crippen LogP contribution >= 0.6 is 0 Å². The zero-order valence-electron chi connectivity index (χ0n) is 11.7. The van der Waals surface area contributed by atoms with Crippen molar-refractivity contribution in [2.75, 3.05) is 26.2 Å². The Kier molecular flexibility index (Phi) is 5.37. The molecule has 19 heavy (non-hydrogen) atoms. The van der Waals surface area contributed by atoms with Gasteiger partial charge >= 0.3 is 0 Å². The van der Waals surface area contributed by atoms with Crippen LogP contribution in [-0.4, -0.2) is 36.2 Å². The van der Waals surface area contributed by atoms with Gasteiger partial charge in [-0.2, -0.15) is 0 Å². The Bertz CT molecular complexity index is 360. The molecular weight excluding hydrogens is 236 g/mol. The quantitative estimate of drug-likeness (QED) is 0.873. The van der Waals surface area contributed by atoms with Crippen LogP contribution in [-0.2, 0) is 5.60 Å². The van der Waals surface area contributed by atoms with Gasteiger partial charge in [0.15, 0.2) is 0 Å². The van der Waals surface area contributed by atoms with Crippen molar-refractivity contribution in [2.24, 2.45) is 5.73 Å². The summed E-state index contributed by atoms with van der Waals surface area (Å²) in [5.41, 5.74) is 5.86. The minimum absolute atomic E-state index is 0.271. The van der Waals surface area contributed by atoms with Crippen molar-refractivity contribution in [3.63, 3.8) is 0 Å². The molecule has 3 nitrogen and oxygen atoms in total. The molecule has 106 valence electrons. The number of aliphatic hydroxyl groups is 1. The van der Waals surface area contributed by atoms with E-state index >= 15 is 0 Å². The van der Waals surface area contributed by atoms with E-state index in [0.29, 0.717) is 6.54 Å². The van der Waals surface area contributed by atoms with Gasteiger partial charge in [0, 0.05) is 13.1 Å². The number of β-amino-alcohol motifs (C(OH)–C–C–N with tert-alkyl or cyclic N) is 1. The molecule has 0 radical (unpaired) electrons. The largest absolute Gasteiger partial charge is 0.382 e. The summed E-state index contributed by atoms with van der Waals surface area (Å²) >= 11 is 0. The highest BCUT2D eigenvalue weighted by molar-refractivity contribution is 5.23. The van der Waals surface area contributed by atoms with Crippen LogP contribution in [0, 0.1) is 0 Å². The summed E-state index contributed by atoms with van der Waals surface area (Å²) in [6.45, 7) is 3.07. The monoisotopic (exact) mass is 262 g/mol. The minimum atomic E-state index is -0.916. The lowest BCUT2D eigenvalue weighted by Gasteiger charge is -2.34. The predicted molar refractivity (Wildman–Crippen MR) is 78.9 cm³/mol. The van der Waals surface area contributed by atoms with E-state index < -0.39 is 5.60 Å².